The van der Waals surface area contributed by atoms with E-state index in [0.29, 0.717) is 5.92 Å². The smallest absolute Gasteiger partial charge is 0.237 e. The third-order valence-corrected chi connectivity index (χ3v) is 5.83. The average Bonchev–Trinajstić information content (AvgIpc) is 2.24. The normalized spacial score (nSPS) is 25.8. The molecule has 0 saturated carbocycles. The molecule has 0 radical (unpaired) electrons. The zero-order valence-electron chi connectivity index (χ0n) is 11.6. The van der Waals surface area contributed by atoms with Gasteiger partial charge in [0.2, 0.25) is 5.91 Å². The molecule has 0 aromatic heterocycles. The Morgan fingerprint density at radius 2 is 2.06 bits per heavy atom. The number of carbonyl (C=O) groups is 1. The molecular formula is C12H24N2O3S. The van der Waals surface area contributed by atoms with Gasteiger partial charge < -0.3 is 10.6 Å². The summed E-state index contributed by atoms with van der Waals surface area (Å²) in [5.74, 6) is 0.434. The van der Waals surface area contributed by atoms with Crippen molar-refractivity contribution in [2.75, 3.05) is 19.3 Å². The Bertz CT molecular complexity index is 404. The molecule has 1 heterocycles. The molecule has 1 amide bonds. The molecule has 18 heavy (non-hydrogen) atoms. The summed E-state index contributed by atoms with van der Waals surface area (Å²) in [5, 5.41) is 5.90. The number of nitrogens with one attached hydrogen (secondary N) is 2. The lowest BCUT2D eigenvalue weighted by Gasteiger charge is -2.29. The van der Waals surface area contributed by atoms with Crippen LogP contribution in [-0.2, 0) is 14.6 Å². The molecule has 0 aromatic carbocycles. The van der Waals surface area contributed by atoms with E-state index in [2.05, 4.69) is 17.6 Å². The molecular weight excluding hydrogens is 252 g/mol. The lowest BCUT2D eigenvalue weighted by Crippen LogP contribution is -2.52. The van der Waals surface area contributed by atoms with Crippen LogP contribution in [0.5, 0.6) is 0 Å². The van der Waals surface area contributed by atoms with Gasteiger partial charge in [0.25, 0.3) is 0 Å². The van der Waals surface area contributed by atoms with Gasteiger partial charge in [0.15, 0.2) is 9.84 Å². The molecule has 2 unspecified atom stereocenters. The molecule has 6 heteroatoms. The maximum Gasteiger partial charge on any atom is 0.237 e. The van der Waals surface area contributed by atoms with E-state index in [-0.39, 0.29) is 18.5 Å². The monoisotopic (exact) mass is 276 g/mol. The van der Waals surface area contributed by atoms with Crippen LogP contribution in [0.3, 0.4) is 0 Å². The van der Waals surface area contributed by atoms with Crippen molar-refractivity contribution in [3.05, 3.63) is 0 Å². The summed E-state index contributed by atoms with van der Waals surface area (Å²) in [4.78, 5) is 11.9. The second-order valence-corrected chi connectivity index (χ2v) is 8.54. The fourth-order valence-electron chi connectivity index (χ4n) is 1.86. The largest absolute Gasteiger partial charge is 0.353 e. The molecule has 1 fully saturated rings. The first-order chi connectivity index (χ1) is 8.13. The summed E-state index contributed by atoms with van der Waals surface area (Å²) < 4.78 is 22.1. The van der Waals surface area contributed by atoms with E-state index in [1.54, 1.807) is 13.8 Å². The number of hydrogen-bond acceptors (Lipinski definition) is 4. The Morgan fingerprint density at radius 3 is 2.56 bits per heavy atom. The highest BCUT2D eigenvalue weighted by molar-refractivity contribution is 7.92. The van der Waals surface area contributed by atoms with E-state index in [0.717, 1.165) is 19.4 Å². The molecule has 0 aliphatic carbocycles. The van der Waals surface area contributed by atoms with Crippen molar-refractivity contribution in [3.63, 3.8) is 0 Å². The van der Waals surface area contributed by atoms with Gasteiger partial charge in [0.1, 0.15) is 0 Å². The number of piperidine rings is 1. The Kier molecular flexibility index (Phi) is 4.78. The second kappa shape index (κ2) is 5.57. The van der Waals surface area contributed by atoms with Gasteiger partial charge in [-0.05, 0) is 39.2 Å². The van der Waals surface area contributed by atoms with Gasteiger partial charge in [-0.25, -0.2) is 8.42 Å². The van der Waals surface area contributed by atoms with Crippen molar-refractivity contribution in [1.82, 2.24) is 10.6 Å². The summed E-state index contributed by atoms with van der Waals surface area (Å²) >= 11 is 0. The number of hydrogen-bond donors (Lipinski definition) is 2. The molecule has 0 spiro atoms. The lowest BCUT2D eigenvalue weighted by atomic mass is 9.94. The van der Waals surface area contributed by atoms with Crippen LogP contribution in [0, 0.1) is 5.92 Å². The summed E-state index contributed by atoms with van der Waals surface area (Å²) in [7, 11) is -3.17. The van der Waals surface area contributed by atoms with Gasteiger partial charge in [0, 0.05) is 12.8 Å². The number of rotatable bonds is 4. The van der Waals surface area contributed by atoms with Crippen LogP contribution in [0.4, 0.5) is 0 Å². The minimum absolute atomic E-state index is 0.0988. The molecule has 0 aromatic rings. The van der Waals surface area contributed by atoms with Crippen molar-refractivity contribution >= 4 is 15.7 Å². The number of amides is 1. The van der Waals surface area contributed by atoms with E-state index < -0.39 is 14.6 Å². The van der Waals surface area contributed by atoms with Crippen molar-refractivity contribution < 1.29 is 13.2 Å². The van der Waals surface area contributed by atoms with Crippen LogP contribution in [0.15, 0.2) is 0 Å². The first-order valence-electron chi connectivity index (χ1n) is 6.34. The molecule has 5 nitrogen and oxygen atoms in total. The van der Waals surface area contributed by atoms with Crippen molar-refractivity contribution in [2.24, 2.45) is 5.92 Å². The molecule has 106 valence electrons. The Hall–Kier alpha value is -0.620. The zero-order valence-corrected chi connectivity index (χ0v) is 12.4. The first kappa shape index (κ1) is 15.4. The fraction of sp³-hybridized carbons (Fsp3) is 0.917. The Balaban J connectivity index is 2.51. The van der Waals surface area contributed by atoms with Crippen molar-refractivity contribution in [2.45, 2.75) is 44.4 Å². The molecule has 1 aliphatic heterocycles. The first-order valence-corrected chi connectivity index (χ1v) is 8.23. The van der Waals surface area contributed by atoms with E-state index in [1.165, 1.54) is 6.26 Å². The lowest BCUT2D eigenvalue weighted by molar-refractivity contribution is -0.124. The summed E-state index contributed by atoms with van der Waals surface area (Å²) in [6, 6.07) is -0.191. The van der Waals surface area contributed by atoms with Gasteiger partial charge in [0.05, 0.1) is 10.8 Å². The third-order valence-electron chi connectivity index (χ3n) is 3.67. The SMILES string of the molecule is CC1CCNC(C(=O)NCC(C)(C)S(C)(=O)=O)C1. The van der Waals surface area contributed by atoms with E-state index >= 15 is 0 Å². The zero-order chi connectivity index (χ0) is 14.0. The fourth-order valence-corrected chi connectivity index (χ4v) is 2.20. The van der Waals surface area contributed by atoms with Gasteiger partial charge >= 0.3 is 0 Å². The van der Waals surface area contributed by atoms with E-state index in [1.807, 2.05) is 0 Å². The summed E-state index contributed by atoms with van der Waals surface area (Å²) in [6.45, 7) is 6.37. The highest BCUT2D eigenvalue weighted by Crippen LogP contribution is 2.16. The Labute approximate surface area is 110 Å². The van der Waals surface area contributed by atoms with Crippen molar-refractivity contribution in [1.29, 1.82) is 0 Å². The van der Waals surface area contributed by atoms with Gasteiger partial charge in [-0.15, -0.1) is 0 Å². The summed E-state index contributed by atoms with van der Waals surface area (Å²) in [6.07, 6.45) is 3.09. The predicted molar refractivity (Wildman–Crippen MR) is 72.1 cm³/mol. The van der Waals surface area contributed by atoms with Crippen LogP contribution >= 0.6 is 0 Å². The van der Waals surface area contributed by atoms with Crippen LogP contribution in [0.1, 0.15) is 33.6 Å². The standard InChI is InChI=1S/C12H24N2O3S/c1-9-5-6-13-10(7-9)11(15)14-8-12(2,3)18(4,16)17/h9-10,13H,5-8H2,1-4H3,(H,14,15). The third kappa shape index (κ3) is 3.95. The van der Waals surface area contributed by atoms with Crippen molar-refractivity contribution in [3.8, 4) is 0 Å². The molecule has 1 aliphatic rings. The molecule has 2 N–H and O–H groups in total. The second-order valence-electron chi connectivity index (χ2n) is 5.89. The maximum atomic E-state index is 11.9. The highest BCUT2D eigenvalue weighted by atomic mass is 32.2. The minimum Gasteiger partial charge on any atom is -0.353 e. The molecule has 2 atom stereocenters. The predicted octanol–water partition coefficient (Wildman–Crippen LogP) is 0.314. The van der Waals surface area contributed by atoms with E-state index in [9.17, 15) is 13.2 Å². The highest BCUT2D eigenvalue weighted by Gasteiger charge is 2.32. The van der Waals surface area contributed by atoms with Crippen LogP contribution in [-0.4, -0.2) is 44.5 Å². The van der Waals surface area contributed by atoms with Gasteiger partial charge in [-0.2, -0.15) is 0 Å². The topological polar surface area (TPSA) is 75.3 Å². The van der Waals surface area contributed by atoms with Crippen LogP contribution in [0.25, 0.3) is 0 Å². The minimum atomic E-state index is -3.17. The quantitative estimate of drug-likeness (QED) is 0.775. The Morgan fingerprint density at radius 1 is 1.44 bits per heavy atom. The molecule has 1 saturated heterocycles. The summed E-state index contributed by atoms with van der Waals surface area (Å²) in [5.41, 5.74) is 0. The molecule has 1 rings (SSSR count). The van der Waals surface area contributed by atoms with E-state index in [4.69, 9.17) is 0 Å². The maximum absolute atomic E-state index is 11.9. The molecule has 0 bridgehead atoms. The van der Waals surface area contributed by atoms with Gasteiger partial charge in [-0.1, -0.05) is 6.92 Å². The number of carbonyl (C=O) groups excluding carboxylic acids is 1. The number of sulfone groups is 1. The van der Waals surface area contributed by atoms with Crippen LogP contribution < -0.4 is 10.6 Å². The van der Waals surface area contributed by atoms with Crippen LogP contribution in [0.2, 0.25) is 0 Å². The average molecular weight is 276 g/mol. The van der Waals surface area contributed by atoms with Gasteiger partial charge in [-0.3, -0.25) is 4.79 Å².